The third kappa shape index (κ3) is 1.63. The minimum atomic E-state index is -1.01. The molecule has 0 radical (unpaired) electrons. The normalized spacial score (nSPS) is 12.9. The number of aryl methyl sites for hydroxylation is 2. The first-order chi connectivity index (χ1) is 7.93. The summed E-state index contributed by atoms with van der Waals surface area (Å²) < 4.78 is 2.78. The van der Waals surface area contributed by atoms with Gasteiger partial charge in [-0.25, -0.2) is 9.59 Å². The Bertz CT molecular complexity index is 652. The molecular weight excluding hydrogens is 220 g/mol. The van der Waals surface area contributed by atoms with Crippen LogP contribution in [0.4, 0.5) is 0 Å². The molecule has 1 N–H and O–H groups in total. The van der Waals surface area contributed by atoms with Gasteiger partial charge in [0.25, 0.3) is 0 Å². The van der Waals surface area contributed by atoms with E-state index < -0.39 is 12.0 Å². The summed E-state index contributed by atoms with van der Waals surface area (Å²) >= 11 is 0. The fourth-order valence-corrected chi connectivity index (χ4v) is 1.96. The zero-order valence-corrected chi connectivity index (χ0v) is 9.97. The molecule has 17 heavy (non-hydrogen) atoms. The van der Waals surface area contributed by atoms with Crippen molar-refractivity contribution in [2.75, 3.05) is 0 Å². The number of carboxylic acid groups (broad SMARTS) is 1. The second-order valence-corrected chi connectivity index (χ2v) is 4.22. The fourth-order valence-electron chi connectivity index (χ4n) is 1.96. The molecule has 0 aliphatic carbocycles. The van der Waals surface area contributed by atoms with Crippen LogP contribution < -0.4 is 5.69 Å². The van der Waals surface area contributed by atoms with E-state index in [0.29, 0.717) is 5.52 Å². The molecule has 5 heteroatoms. The molecule has 0 saturated heterocycles. The van der Waals surface area contributed by atoms with Crippen LogP contribution in [0.3, 0.4) is 0 Å². The van der Waals surface area contributed by atoms with Crippen molar-refractivity contribution < 1.29 is 9.90 Å². The molecule has 2 aromatic rings. The molecule has 1 heterocycles. The number of hydrogen-bond donors (Lipinski definition) is 1. The predicted molar refractivity (Wildman–Crippen MR) is 64.3 cm³/mol. The van der Waals surface area contributed by atoms with Gasteiger partial charge < -0.3 is 5.11 Å². The van der Waals surface area contributed by atoms with E-state index in [9.17, 15) is 9.59 Å². The highest BCUT2D eigenvalue weighted by atomic mass is 16.4. The van der Waals surface area contributed by atoms with Gasteiger partial charge in [-0.2, -0.15) is 0 Å². The molecule has 0 fully saturated rings. The van der Waals surface area contributed by atoms with Gasteiger partial charge in [-0.15, -0.1) is 0 Å². The first-order valence-electron chi connectivity index (χ1n) is 5.34. The highest BCUT2D eigenvalue weighted by Crippen LogP contribution is 2.18. The largest absolute Gasteiger partial charge is 0.480 e. The Morgan fingerprint density at radius 1 is 1.35 bits per heavy atom. The second kappa shape index (κ2) is 3.76. The Hall–Kier alpha value is -2.04. The van der Waals surface area contributed by atoms with Gasteiger partial charge in [0, 0.05) is 7.05 Å². The number of fused-ring (bicyclic) bond motifs is 1. The first kappa shape index (κ1) is 11.4. The second-order valence-electron chi connectivity index (χ2n) is 4.22. The van der Waals surface area contributed by atoms with Crippen LogP contribution in [0.15, 0.2) is 23.0 Å². The maximum Gasteiger partial charge on any atom is 0.329 e. The van der Waals surface area contributed by atoms with Crippen LogP contribution in [0.2, 0.25) is 0 Å². The zero-order valence-electron chi connectivity index (χ0n) is 9.97. The van der Waals surface area contributed by atoms with Crippen LogP contribution in [0.25, 0.3) is 11.0 Å². The van der Waals surface area contributed by atoms with Crippen molar-refractivity contribution in [1.82, 2.24) is 9.13 Å². The molecule has 0 spiro atoms. The number of imidazole rings is 1. The van der Waals surface area contributed by atoms with Crippen LogP contribution in [0.1, 0.15) is 18.5 Å². The summed E-state index contributed by atoms with van der Waals surface area (Å²) in [7, 11) is 1.64. The summed E-state index contributed by atoms with van der Waals surface area (Å²) in [5.74, 6) is -1.01. The van der Waals surface area contributed by atoms with Gasteiger partial charge in [-0.05, 0) is 31.5 Å². The van der Waals surface area contributed by atoms with Gasteiger partial charge in [0.2, 0.25) is 0 Å². The SMILES string of the molecule is Cc1ccc2c(c1)n(C(C)C(=O)O)c(=O)n2C. The van der Waals surface area contributed by atoms with E-state index in [-0.39, 0.29) is 5.69 Å². The fraction of sp³-hybridized carbons (Fsp3) is 0.333. The summed E-state index contributed by atoms with van der Waals surface area (Å²) in [6.45, 7) is 3.41. The average Bonchev–Trinajstić information content (AvgIpc) is 2.50. The summed E-state index contributed by atoms with van der Waals surface area (Å²) in [5.41, 5.74) is 2.09. The highest BCUT2D eigenvalue weighted by Gasteiger charge is 2.20. The molecule has 1 aromatic heterocycles. The van der Waals surface area contributed by atoms with E-state index in [1.54, 1.807) is 7.05 Å². The Kier molecular flexibility index (Phi) is 2.53. The van der Waals surface area contributed by atoms with E-state index in [2.05, 4.69) is 0 Å². The van der Waals surface area contributed by atoms with Crippen LogP contribution in [-0.2, 0) is 11.8 Å². The summed E-state index contributed by atoms with van der Waals surface area (Å²) in [6, 6.07) is 4.69. The van der Waals surface area contributed by atoms with Gasteiger partial charge in [0.15, 0.2) is 0 Å². The van der Waals surface area contributed by atoms with Gasteiger partial charge >= 0.3 is 11.7 Å². The zero-order chi connectivity index (χ0) is 12.7. The Labute approximate surface area is 97.9 Å². The summed E-state index contributed by atoms with van der Waals surface area (Å²) in [4.78, 5) is 23.0. The van der Waals surface area contributed by atoms with Gasteiger partial charge in [-0.3, -0.25) is 9.13 Å². The first-order valence-corrected chi connectivity index (χ1v) is 5.34. The number of carbonyl (C=O) groups is 1. The smallest absolute Gasteiger partial charge is 0.329 e. The predicted octanol–water partition coefficient (Wildman–Crippen LogP) is 1.29. The highest BCUT2D eigenvalue weighted by molar-refractivity contribution is 5.80. The molecule has 1 unspecified atom stereocenters. The van der Waals surface area contributed by atoms with Crippen molar-refractivity contribution in [3.05, 3.63) is 34.2 Å². The van der Waals surface area contributed by atoms with Crippen LogP contribution in [0.5, 0.6) is 0 Å². The molecule has 0 amide bonds. The molecule has 90 valence electrons. The van der Waals surface area contributed by atoms with E-state index in [1.807, 2.05) is 25.1 Å². The van der Waals surface area contributed by atoms with E-state index in [1.165, 1.54) is 16.1 Å². The third-order valence-corrected chi connectivity index (χ3v) is 2.99. The number of aromatic nitrogens is 2. The Morgan fingerprint density at radius 2 is 2.00 bits per heavy atom. The summed E-state index contributed by atoms with van der Waals surface area (Å²) in [6.07, 6.45) is 0. The van der Waals surface area contributed by atoms with E-state index in [0.717, 1.165) is 11.1 Å². The maximum atomic E-state index is 12.0. The van der Waals surface area contributed by atoms with Crippen molar-refractivity contribution in [3.63, 3.8) is 0 Å². The lowest BCUT2D eigenvalue weighted by atomic mass is 10.2. The molecule has 1 aromatic carbocycles. The maximum absolute atomic E-state index is 12.0. The van der Waals surface area contributed by atoms with Gasteiger partial charge in [-0.1, -0.05) is 6.07 Å². The Morgan fingerprint density at radius 3 is 2.59 bits per heavy atom. The minimum absolute atomic E-state index is 0.305. The summed E-state index contributed by atoms with van der Waals surface area (Å²) in [5, 5.41) is 9.03. The topological polar surface area (TPSA) is 64.2 Å². The number of carboxylic acids is 1. The molecule has 0 saturated carbocycles. The minimum Gasteiger partial charge on any atom is -0.480 e. The lowest BCUT2D eigenvalue weighted by molar-refractivity contribution is -0.140. The molecule has 0 bridgehead atoms. The van der Waals surface area contributed by atoms with Crippen molar-refractivity contribution in [2.24, 2.45) is 7.05 Å². The monoisotopic (exact) mass is 234 g/mol. The molecular formula is C12H14N2O3. The Balaban J connectivity index is 2.86. The standard InChI is InChI=1S/C12H14N2O3/c1-7-4-5-9-10(6-7)14(8(2)11(15)16)12(17)13(9)3/h4-6,8H,1-3H3,(H,15,16). The number of aliphatic carboxylic acids is 1. The van der Waals surface area contributed by atoms with Crippen LogP contribution in [-0.4, -0.2) is 20.2 Å². The van der Waals surface area contributed by atoms with Crippen LogP contribution >= 0.6 is 0 Å². The van der Waals surface area contributed by atoms with Crippen molar-refractivity contribution in [1.29, 1.82) is 0 Å². The third-order valence-electron chi connectivity index (χ3n) is 2.99. The van der Waals surface area contributed by atoms with E-state index >= 15 is 0 Å². The number of rotatable bonds is 2. The van der Waals surface area contributed by atoms with Crippen molar-refractivity contribution in [2.45, 2.75) is 19.9 Å². The van der Waals surface area contributed by atoms with Gasteiger partial charge in [0.05, 0.1) is 11.0 Å². The molecule has 2 rings (SSSR count). The van der Waals surface area contributed by atoms with Gasteiger partial charge in [0.1, 0.15) is 6.04 Å². The quantitative estimate of drug-likeness (QED) is 0.851. The molecule has 5 nitrogen and oxygen atoms in total. The van der Waals surface area contributed by atoms with E-state index in [4.69, 9.17) is 5.11 Å². The van der Waals surface area contributed by atoms with Crippen LogP contribution in [0, 0.1) is 6.92 Å². The number of hydrogen-bond acceptors (Lipinski definition) is 2. The van der Waals surface area contributed by atoms with Crippen molar-refractivity contribution in [3.8, 4) is 0 Å². The number of benzene rings is 1. The molecule has 0 aliphatic heterocycles. The molecule has 1 atom stereocenters. The lowest BCUT2D eigenvalue weighted by Gasteiger charge is -2.08. The van der Waals surface area contributed by atoms with Crippen molar-refractivity contribution >= 4 is 17.0 Å². The lowest BCUT2D eigenvalue weighted by Crippen LogP contribution is -2.28. The number of nitrogens with zero attached hydrogens (tertiary/aromatic N) is 2. The average molecular weight is 234 g/mol. The molecule has 0 aliphatic rings.